The number of carbonyl (C=O) groups is 1. The number of carboxylic acid groups (broad SMARTS) is 1. The van der Waals surface area contributed by atoms with E-state index in [1.165, 1.54) is 0 Å². The first-order valence-electron chi connectivity index (χ1n) is 4.39. The molecule has 0 aromatic carbocycles. The molecular weight excluding hydrogens is 266 g/mol. The molecule has 1 saturated carbocycles. The molecule has 1 aromatic heterocycles. The first-order chi connectivity index (χ1) is 6.66. The highest BCUT2D eigenvalue weighted by molar-refractivity contribution is 9.11. The van der Waals surface area contributed by atoms with Crippen molar-refractivity contribution in [1.82, 2.24) is 0 Å². The van der Waals surface area contributed by atoms with Crippen LogP contribution in [0.15, 0.2) is 15.9 Å². The van der Waals surface area contributed by atoms with E-state index in [1.54, 1.807) is 11.3 Å². The molecule has 76 valence electrons. The fourth-order valence-electron chi connectivity index (χ4n) is 1.42. The van der Waals surface area contributed by atoms with Gasteiger partial charge in [0.05, 0.1) is 14.7 Å². The number of nitrogens with one attached hydrogen (secondary N) is 1. The van der Waals surface area contributed by atoms with Gasteiger partial charge < -0.3 is 10.4 Å². The molecular formula is C9H10BrNO2S. The molecule has 1 aliphatic rings. The minimum Gasteiger partial charge on any atom is -0.481 e. The third-order valence-electron chi connectivity index (χ3n) is 2.35. The summed E-state index contributed by atoms with van der Waals surface area (Å²) < 4.78 is 1.09. The smallest absolute Gasteiger partial charge is 0.306 e. The molecule has 0 spiro atoms. The second kappa shape index (κ2) is 3.90. The Morgan fingerprint density at radius 1 is 1.71 bits per heavy atom. The average Bonchev–Trinajstić information content (AvgIpc) is 2.80. The summed E-state index contributed by atoms with van der Waals surface area (Å²) in [7, 11) is 0. The fraction of sp³-hybridized carbons (Fsp3) is 0.444. The summed E-state index contributed by atoms with van der Waals surface area (Å²) in [6.07, 6.45) is 0.814. The lowest BCUT2D eigenvalue weighted by atomic mass is 10.3. The van der Waals surface area contributed by atoms with Crippen LogP contribution in [-0.2, 0) is 4.79 Å². The topological polar surface area (TPSA) is 49.3 Å². The average molecular weight is 276 g/mol. The number of hydrogen-bond donors (Lipinski definition) is 2. The summed E-state index contributed by atoms with van der Waals surface area (Å²) in [5, 5.41) is 13.0. The monoisotopic (exact) mass is 275 g/mol. The van der Waals surface area contributed by atoms with Gasteiger partial charge in [0.25, 0.3) is 0 Å². The zero-order chi connectivity index (χ0) is 10.1. The van der Waals surface area contributed by atoms with E-state index in [1.807, 2.05) is 12.1 Å². The van der Waals surface area contributed by atoms with Crippen LogP contribution in [-0.4, -0.2) is 17.6 Å². The maximum Gasteiger partial charge on any atom is 0.306 e. The van der Waals surface area contributed by atoms with Crippen molar-refractivity contribution >= 4 is 38.2 Å². The van der Waals surface area contributed by atoms with Gasteiger partial charge in [-0.15, -0.1) is 11.3 Å². The van der Waals surface area contributed by atoms with E-state index in [2.05, 4.69) is 21.2 Å². The molecule has 0 bridgehead atoms. The molecule has 0 radical (unpaired) electrons. The van der Waals surface area contributed by atoms with E-state index in [-0.39, 0.29) is 5.92 Å². The number of halogens is 1. The molecule has 0 aliphatic heterocycles. The molecule has 2 N–H and O–H groups in total. The quantitative estimate of drug-likeness (QED) is 0.888. The summed E-state index contributed by atoms with van der Waals surface area (Å²) in [4.78, 5) is 10.6. The Hall–Kier alpha value is -0.550. The summed E-state index contributed by atoms with van der Waals surface area (Å²) in [6.45, 7) is 0.768. The molecule has 0 amide bonds. The number of hydrogen-bond acceptors (Lipinski definition) is 3. The van der Waals surface area contributed by atoms with Crippen molar-refractivity contribution in [3.05, 3.63) is 15.9 Å². The van der Waals surface area contributed by atoms with Crippen LogP contribution in [0.2, 0.25) is 0 Å². The molecule has 0 saturated heterocycles. The first kappa shape index (κ1) is 9.98. The van der Waals surface area contributed by atoms with Crippen LogP contribution in [0.5, 0.6) is 0 Å². The minimum atomic E-state index is -0.663. The highest BCUT2D eigenvalue weighted by Crippen LogP contribution is 2.39. The highest BCUT2D eigenvalue weighted by atomic mass is 79.9. The van der Waals surface area contributed by atoms with E-state index < -0.39 is 5.97 Å². The molecule has 14 heavy (non-hydrogen) atoms. The molecule has 2 rings (SSSR count). The van der Waals surface area contributed by atoms with Gasteiger partial charge in [0.15, 0.2) is 0 Å². The Balaban J connectivity index is 1.77. The number of carboxylic acids is 1. The lowest BCUT2D eigenvalue weighted by molar-refractivity contribution is -0.138. The zero-order valence-corrected chi connectivity index (χ0v) is 9.77. The van der Waals surface area contributed by atoms with Gasteiger partial charge in [0.1, 0.15) is 0 Å². The second-order valence-corrected chi connectivity index (χ2v) is 5.89. The van der Waals surface area contributed by atoms with Gasteiger partial charge in [-0.1, -0.05) is 0 Å². The molecule has 2 unspecified atom stereocenters. The van der Waals surface area contributed by atoms with Crippen molar-refractivity contribution in [1.29, 1.82) is 0 Å². The summed E-state index contributed by atoms with van der Waals surface area (Å²) in [6, 6.07) is 3.97. The van der Waals surface area contributed by atoms with Crippen LogP contribution in [0.3, 0.4) is 0 Å². The predicted molar refractivity (Wildman–Crippen MR) is 59.7 cm³/mol. The number of thiophene rings is 1. The van der Waals surface area contributed by atoms with Crippen LogP contribution in [0, 0.1) is 11.8 Å². The molecule has 1 fully saturated rings. The van der Waals surface area contributed by atoms with Crippen LogP contribution < -0.4 is 5.32 Å². The Kier molecular flexibility index (Phi) is 2.78. The van der Waals surface area contributed by atoms with Crippen molar-refractivity contribution in [2.75, 3.05) is 11.9 Å². The Labute approximate surface area is 94.3 Å². The summed E-state index contributed by atoms with van der Waals surface area (Å²) in [5.74, 6) is -0.469. The number of anilines is 1. The van der Waals surface area contributed by atoms with E-state index in [0.717, 1.165) is 21.8 Å². The first-order valence-corrected chi connectivity index (χ1v) is 6.00. The summed E-state index contributed by atoms with van der Waals surface area (Å²) in [5.41, 5.74) is 0. The molecule has 1 aliphatic carbocycles. The number of aliphatic carboxylic acids is 1. The molecule has 3 nitrogen and oxygen atoms in total. The van der Waals surface area contributed by atoms with Crippen molar-refractivity contribution in [3.63, 3.8) is 0 Å². The second-order valence-electron chi connectivity index (χ2n) is 3.43. The van der Waals surface area contributed by atoms with Gasteiger partial charge in [-0.3, -0.25) is 4.79 Å². The van der Waals surface area contributed by atoms with Gasteiger partial charge in [-0.25, -0.2) is 0 Å². The van der Waals surface area contributed by atoms with Crippen LogP contribution in [0.4, 0.5) is 5.00 Å². The lowest BCUT2D eigenvalue weighted by Gasteiger charge is -2.00. The number of rotatable bonds is 4. The van der Waals surface area contributed by atoms with Crippen molar-refractivity contribution in [2.24, 2.45) is 11.8 Å². The van der Waals surface area contributed by atoms with Gasteiger partial charge in [0.2, 0.25) is 0 Å². The third kappa shape index (κ3) is 2.27. The van der Waals surface area contributed by atoms with E-state index >= 15 is 0 Å². The van der Waals surface area contributed by atoms with Gasteiger partial charge in [-0.2, -0.15) is 0 Å². The van der Waals surface area contributed by atoms with Crippen molar-refractivity contribution in [2.45, 2.75) is 6.42 Å². The highest BCUT2D eigenvalue weighted by Gasteiger charge is 2.42. The maximum absolute atomic E-state index is 10.6. The largest absolute Gasteiger partial charge is 0.481 e. The maximum atomic E-state index is 10.6. The fourth-order valence-corrected chi connectivity index (χ4v) is 2.71. The Morgan fingerprint density at radius 2 is 2.50 bits per heavy atom. The molecule has 1 aromatic rings. The SMILES string of the molecule is O=C(O)C1CC1CNc1ccc(Br)s1. The summed E-state index contributed by atoms with van der Waals surface area (Å²) >= 11 is 5.00. The minimum absolute atomic E-state index is 0.120. The van der Waals surface area contributed by atoms with E-state index in [4.69, 9.17) is 5.11 Å². The van der Waals surface area contributed by atoms with Crippen LogP contribution in [0.1, 0.15) is 6.42 Å². The van der Waals surface area contributed by atoms with E-state index in [0.29, 0.717) is 5.92 Å². The van der Waals surface area contributed by atoms with E-state index in [9.17, 15) is 4.79 Å². The molecule has 1 heterocycles. The molecule has 2 atom stereocenters. The Morgan fingerprint density at radius 3 is 3.00 bits per heavy atom. The Bertz CT molecular complexity index is 352. The normalized spacial score (nSPS) is 24.6. The van der Waals surface area contributed by atoms with Crippen LogP contribution >= 0.6 is 27.3 Å². The third-order valence-corrected chi connectivity index (χ3v) is 3.93. The van der Waals surface area contributed by atoms with Gasteiger partial charge in [-0.05, 0) is 40.4 Å². The lowest BCUT2D eigenvalue weighted by Crippen LogP contribution is -2.07. The van der Waals surface area contributed by atoms with Gasteiger partial charge >= 0.3 is 5.97 Å². The standard InChI is InChI=1S/C9H10BrNO2S/c10-7-1-2-8(14-7)11-4-5-3-6(5)9(12)13/h1-2,5-6,11H,3-4H2,(H,12,13). The molecule has 5 heteroatoms. The van der Waals surface area contributed by atoms with Crippen molar-refractivity contribution < 1.29 is 9.90 Å². The van der Waals surface area contributed by atoms with Crippen LogP contribution in [0.25, 0.3) is 0 Å². The van der Waals surface area contributed by atoms with Crippen molar-refractivity contribution in [3.8, 4) is 0 Å². The van der Waals surface area contributed by atoms with Gasteiger partial charge in [0, 0.05) is 6.54 Å². The zero-order valence-electron chi connectivity index (χ0n) is 7.37. The predicted octanol–water partition coefficient (Wildman–Crippen LogP) is 2.64.